The lowest BCUT2D eigenvalue weighted by Crippen LogP contribution is -2.43. The molecule has 7 heteroatoms. The number of nitrogens with zero attached hydrogens (tertiary/aromatic N) is 1. The van der Waals surface area contributed by atoms with E-state index in [4.69, 9.17) is 10.5 Å². The Bertz CT molecular complexity index is 567. The Morgan fingerprint density at radius 3 is 2.67 bits per heavy atom. The maximum absolute atomic E-state index is 11.4. The normalized spacial score (nSPS) is 15.8. The minimum atomic E-state index is -0.667. The van der Waals surface area contributed by atoms with Crippen molar-refractivity contribution in [3.8, 4) is 5.75 Å². The molecular formula is C14H19N3O4. The molecule has 0 atom stereocenters. The Morgan fingerprint density at radius 2 is 2.19 bits per heavy atom. The van der Waals surface area contributed by atoms with Gasteiger partial charge < -0.3 is 10.5 Å². The molecule has 1 aromatic carbocycles. The van der Waals surface area contributed by atoms with Crippen LogP contribution in [0.1, 0.15) is 32.3 Å². The standard InChI is InChI=1S/C14H19N3O4/c1-9(2)21-12-4-3-11(17(19)20)7-10(12)8-16-14(5-6-14)13(15)18/h3-4,7,9,16H,5-6,8H2,1-2H3,(H2,15,18). The third kappa shape index (κ3) is 3.49. The second-order valence-corrected chi connectivity index (χ2v) is 5.52. The highest BCUT2D eigenvalue weighted by Gasteiger charge is 2.48. The number of amides is 1. The van der Waals surface area contributed by atoms with Crippen LogP contribution in [0.3, 0.4) is 0 Å². The largest absolute Gasteiger partial charge is 0.491 e. The summed E-state index contributed by atoms with van der Waals surface area (Å²) in [5.41, 5.74) is 5.32. The van der Waals surface area contributed by atoms with Crippen LogP contribution in [-0.2, 0) is 11.3 Å². The molecule has 0 aromatic heterocycles. The first-order chi connectivity index (χ1) is 9.84. The average Bonchev–Trinajstić information content (AvgIpc) is 3.17. The second kappa shape index (κ2) is 5.69. The van der Waals surface area contributed by atoms with Crippen molar-refractivity contribution in [3.05, 3.63) is 33.9 Å². The van der Waals surface area contributed by atoms with Gasteiger partial charge in [-0.3, -0.25) is 20.2 Å². The summed E-state index contributed by atoms with van der Waals surface area (Å²) in [6.07, 6.45) is 1.34. The molecule has 1 fully saturated rings. The second-order valence-electron chi connectivity index (χ2n) is 5.52. The van der Waals surface area contributed by atoms with Crippen LogP contribution in [0.25, 0.3) is 0 Å². The highest BCUT2D eigenvalue weighted by atomic mass is 16.6. The number of nitrogens with two attached hydrogens (primary N) is 1. The third-order valence-electron chi connectivity index (χ3n) is 3.46. The Hall–Kier alpha value is -2.15. The molecule has 114 valence electrons. The number of benzene rings is 1. The monoisotopic (exact) mass is 293 g/mol. The van der Waals surface area contributed by atoms with E-state index in [-0.39, 0.29) is 17.7 Å². The van der Waals surface area contributed by atoms with Gasteiger partial charge in [0.15, 0.2) is 0 Å². The fraction of sp³-hybridized carbons (Fsp3) is 0.500. The summed E-state index contributed by atoms with van der Waals surface area (Å²) < 4.78 is 5.65. The van der Waals surface area contributed by atoms with E-state index >= 15 is 0 Å². The van der Waals surface area contributed by atoms with E-state index in [1.165, 1.54) is 12.1 Å². The lowest BCUT2D eigenvalue weighted by molar-refractivity contribution is -0.384. The highest BCUT2D eigenvalue weighted by Crippen LogP contribution is 2.36. The molecule has 3 N–H and O–H groups in total. The van der Waals surface area contributed by atoms with E-state index in [1.54, 1.807) is 6.07 Å². The Labute approximate surface area is 122 Å². The van der Waals surface area contributed by atoms with Gasteiger partial charge >= 0.3 is 0 Å². The first-order valence-corrected chi connectivity index (χ1v) is 6.83. The summed E-state index contributed by atoms with van der Waals surface area (Å²) in [5.74, 6) is 0.183. The third-order valence-corrected chi connectivity index (χ3v) is 3.46. The van der Waals surface area contributed by atoms with Crippen molar-refractivity contribution in [2.75, 3.05) is 0 Å². The highest BCUT2D eigenvalue weighted by molar-refractivity contribution is 5.87. The zero-order valence-corrected chi connectivity index (χ0v) is 12.1. The molecule has 1 amide bonds. The first-order valence-electron chi connectivity index (χ1n) is 6.83. The molecule has 1 aromatic rings. The molecule has 0 saturated heterocycles. The minimum Gasteiger partial charge on any atom is -0.491 e. The first kappa shape index (κ1) is 15.2. The summed E-state index contributed by atoms with van der Waals surface area (Å²) in [6, 6.07) is 4.45. The van der Waals surface area contributed by atoms with Gasteiger partial charge in [-0.1, -0.05) is 0 Å². The molecule has 1 saturated carbocycles. The molecular weight excluding hydrogens is 274 g/mol. The van der Waals surface area contributed by atoms with Gasteiger partial charge in [0.05, 0.1) is 16.6 Å². The van der Waals surface area contributed by atoms with Gasteiger partial charge in [-0.15, -0.1) is 0 Å². The van der Waals surface area contributed by atoms with E-state index in [0.29, 0.717) is 30.7 Å². The van der Waals surface area contributed by atoms with Crippen LogP contribution < -0.4 is 15.8 Å². The zero-order valence-electron chi connectivity index (χ0n) is 12.1. The molecule has 7 nitrogen and oxygen atoms in total. The predicted octanol–water partition coefficient (Wildman–Crippen LogP) is 1.49. The fourth-order valence-corrected chi connectivity index (χ4v) is 2.09. The van der Waals surface area contributed by atoms with Gasteiger partial charge in [-0.05, 0) is 32.8 Å². The van der Waals surface area contributed by atoms with Gasteiger partial charge in [0.25, 0.3) is 5.69 Å². The molecule has 0 heterocycles. The van der Waals surface area contributed by atoms with Crippen LogP contribution in [0.4, 0.5) is 5.69 Å². The number of nitrogens with one attached hydrogen (secondary N) is 1. The molecule has 1 aliphatic carbocycles. The summed E-state index contributed by atoms with van der Waals surface area (Å²) >= 11 is 0. The molecule has 1 aliphatic rings. The predicted molar refractivity (Wildman–Crippen MR) is 76.9 cm³/mol. The van der Waals surface area contributed by atoms with Gasteiger partial charge in [0, 0.05) is 24.2 Å². The number of carbonyl (C=O) groups excluding carboxylic acids is 1. The fourth-order valence-electron chi connectivity index (χ4n) is 2.09. The lowest BCUT2D eigenvalue weighted by Gasteiger charge is -2.17. The van der Waals surface area contributed by atoms with E-state index in [1.807, 2.05) is 13.8 Å². The number of non-ortho nitro benzene ring substituents is 1. The van der Waals surface area contributed by atoms with Crippen LogP contribution >= 0.6 is 0 Å². The molecule has 0 aliphatic heterocycles. The molecule has 2 rings (SSSR count). The number of hydrogen-bond acceptors (Lipinski definition) is 5. The number of nitro groups is 1. The van der Waals surface area contributed by atoms with Crippen molar-refractivity contribution in [1.29, 1.82) is 0 Å². The summed E-state index contributed by atoms with van der Waals surface area (Å²) in [5, 5.41) is 14.0. The summed E-state index contributed by atoms with van der Waals surface area (Å²) in [7, 11) is 0. The molecule has 0 radical (unpaired) electrons. The molecule has 0 bridgehead atoms. The van der Waals surface area contributed by atoms with Crippen LogP contribution in [-0.4, -0.2) is 22.5 Å². The average molecular weight is 293 g/mol. The van der Waals surface area contributed by atoms with Gasteiger partial charge in [-0.2, -0.15) is 0 Å². The van der Waals surface area contributed by atoms with Crippen LogP contribution in [0.5, 0.6) is 5.75 Å². The van der Waals surface area contributed by atoms with Crippen LogP contribution in [0.2, 0.25) is 0 Å². The maximum atomic E-state index is 11.4. The van der Waals surface area contributed by atoms with Gasteiger partial charge in [-0.25, -0.2) is 0 Å². The topological polar surface area (TPSA) is 107 Å². The van der Waals surface area contributed by atoms with E-state index in [0.717, 1.165) is 0 Å². The molecule has 0 unspecified atom stereocenters. The molecule has 0 spiro atoms. The summed E-state index contributed by atoms with van der Waals surface area (Å²) in [6.45, 7) is 4.06. The SMILES string of the molecule is CC(C)Oc1ccc([N+](=O)[O-])cc1CNC1(C(N)=O)CC1. The number of primary amides is 1. The van der Waals surface area contributed by atoms with E-state index in [9.17, 15) is 14.9 Å². The van der Waals surface area contributed by atoms with E-state index < -0.39 is 10.5 Å². The number of ether oxygens (including phenoxy) is 1. The van der Waals surface area contributed by atoms with Gasteiger partial charge in [0.2, 0.25) is 5.91 Å². The van der Waals surface area contributed by atoms with Crippen LogP contribution in [0.15, 0.2) is 18.2 Å². The summed E-state index contributed by atoms with van der Waals surface area (Å²) in [4.78, 5) is 21.8. The van der Waals surface area contributed by atoms with Gasteiger partial charge in [0.1, 0.15) is 5.75 Å². The number of carbonyl (C=O) groups is 1. The van der Waals surface area contributed by atoms with Crippen molar-refractivity contribution >= 4 is 11.6 Å². The van der Waals surface area contributed by atoms with Crippen molar-refractivity contribution in [3.63, 3.8) is 0 Å². The van der Waals surface area contributed by atoms with Crippen molar-refractivity contribution in [1.82, 2.24) is 5.32 Å². The quantitative estimate of drug-likeness (QED) is 0.585. The Balaban J connectivity index is 2.19. The lowest BCUT2D eigenvalue weighted by atomic mass is 10.1. The smallest absolute Gasteiger partial charge is 0.270 e. The van der Waals surface area contributed by atoms with Crippen molar-refractivity contribution in [2.24, 2.45) is 5.73 Å². The number of rotatable bonds is 7. The number of hydrogen-bond donors (Lipinski definition) is 2. The minimum absolute atomic E-state index is 0.00757. The van der Waals surface area contributed by atoms with Crippen molar-refractivity contribution < 1.29 is 14.5 Å². The Morgan fingerprint density at radius 1 is 1.52 bits per heavy atom. The molecule has 21 heavy (non-hydrogen) atoms. The Kier molecular flexibility index (Phi) is 4.13. The maximum Gasteiger partial charge on any atom is 0.270 e. The van der Waals surface area contributed by atoms with Crippen molar-refractivity contribution in [2.45, 2.75) is 44.9 Å². The number of nitro benzene ring substituents is 1. The zero-order chi connectivity index (χ0) is 15.6. The van der Waals surface area contributed by atoms with E-state index in [2.05, 4.69) is 5.32 Å². The van der Waals surface area contributed by atoms with Crippen LogP contribution in [0, 0.1) is 10.1 Å².